The van der Waals surface area contributed by atoms with Gasteiger partial charge in [0.05, 0.1) is 0 Å². The molecule has 0 bridgehead atoms. The zero-order valence-electron chi connectivity index (χ0n) is 13.5. The molecule has 22 heavy (non-hydrogen) atoms. The Balaban J connectivity index is 3.10. The third-order valence-electron chi connectivity index (χ3n) is 3.50. The predicted octanol–water partition coefficient (Wildman–Crippen LogP) is 1.22. The first-order valence-electron chi connectivity index (χ1n) is 7.55. The summed E-state index contributed by atoms with van der Waals surface area (Å²) in [5.41, 5.74) is 2.23. The number of hydrogen-bond acceptors (Lipinski definition) is 4. The summed E-state index contributed by atoms with van der Waals surface area (Å²) in [6.45, 7) is 5.03. The highest BCUT2D eigenvalue weighted by Crippen LogP contribution is 2.19. The van der Waals surface area contributed by atoms with E-state index in [0.717, 1.165) is 25.7 Å². The summed E-state index contributed by atoms with van der Waals surface area (Å²) in [4.78, 5) is 11.7. The molecule has 1 amide bonds. The summed E-state index contributed by atoms with van der Waals surface area (Å²) in [6, 6.07) is 1.36. The van der Waals surface area contributed by atoms with Crippen LogP contribution in [0, 0.1) is 0 Å². The van der Waals surface area contributed by atoms with E-state index in [4.69, 9.17) is 5.84 Å². The van der Waals surface area contributed by atoms with Crippen LogP contribution in [0.25, 0.3) is 0 Å². The molecule has 1 heterocycles. The number of aryl methyl sites for hydroxylation is 1. The van der Waals surface area contributed by atoms with E-state index in [-0.39, 0.29) is 10.6 Å². The van der Waals surface area contributed by atoms with Crippen LogP contribution < -0.4 is 11.3 Å². The standard InChI is InChI=1S/C14H26N4O3S/c1-4-6-8-18(9-7-5-2)22(20,21)12-10-13(14(19)16-15)17(3)11-12/h10-11H,4-9,15H2,1-3H3,(H,16,19). The number of sulfonamides is 1. The van der Waals surface area contributed by atoms with E-state index in [9.17, 15) is 13.2 Å². The van der Waals surface area contributed by atoms with Gasteiger partial charge in [-0.3, -0.25) is 10.2 Å². The monoisotopic (exact) mass is 330 g/mol. The Hall–Kier alpha value is -1.38. The lowest BCUT2D eigenvalue weighted by molar-refractivity contribution is 0.0945. The largest absolute Gasteiger partial charge is 0.345 e. The van der Waals surface area contributed by atoms with Crippen LogP contribution >= 0.6 is 0 Å². The van der Waals surface area contributed by atoms with Gasteiger partial charge >= 0.3 is 0 Å². The molecule has 0 radical (unpaired) electrons. The number of unbranched alkanes of at least 4 members (excludes halogenated alkanes) is 2. The number of hydrogen-bond donors (Lipinski definition) is 2. The van der Waals surface area contributed by atoms with Gasteiger partial charge in [-0.1, -0.05) is 26.7 Å². The molecule has 0 saturated carbocycles. The molecule has 0 aliphatic rings. The summed E-state index contributed by atoms with van der Waals surface area (Å²) >= 11 is 0. The molecule has 7 nitrogen and oxygen atoms in total. The molecule has 0 fully saturated rings. The molecule has 0 aliphatic heterocycles. The van der Waals surface area contributed by atoms with Gasteiger partial charge in [-0.25, -0.2) is 14.3 Å². The first kappa shape index (κ1) is 18.7. The van der Waals surface area contributed by atoms with Crippen molar-refractivity contribution in [3.05, 3.63) is 18.0 Å². The number of aromatic nitrogens is 1. The topological polar surface area (TPSA) is 97.4 Å². The van der Waals surface area contributed by atoms with Crippen LogP contribution in [0.1, 0.15) is 50.0 Å². The first-order valence-corrected chi connectivity index (χ1v) is 8.99. The maximum absolute atomic E-state index is 12.8. The highest BCUT2D eigenvalue weighted by molar-refractivity contribution is 7.89. The van der Waals surface area contributed by atoms with E-state index in [1.165, 1.54) is 21.1 Å². The number of nitrogens with zero attached hydrogens (tertiary/aromatic N) is 2. The Morgan fingerprint density at radius 3 is 2.27 bits per heavy atom. The molecule has 3 N–H and O–H groups in total. The molecule has 8 heteroatoms. The lowest BCUT2D eigenvalue weighted by Gasteiger charge is -2.21. The highest BCUT2D eigenvalue weighted by Gasteiger charge is 2.26. The van der Waals surface area contributed by atoms with Crippen LogP contribution in [-0.4, -0.2) is 36.3 Å². The molecule has 1 aromatic heterocycles. The number of carbonyl (C=O) groups is 1. The van der Waals surface area contributed by atoms with E-state index in [1.807, 2.05) is 19.3 Å². The Kier molecular flexibility index (Phi) is 7.05. The Bertz CT molecular complexity index is 587. The minimum Gasteiger partial charge on any atom is -0.345 e. The van der Waals surface area contributed by atoms with Crippen molar-refractivity contribution in [2.45, 2.75) is 44.4 Å². The fourth-order valence-corrected chi connectivity index (χ4v) is 3.73. The minimum absolute atomic E-state index is 0.126. The molecule has 0 saturated heterocycles. The van der Waals surface area contributed by atoms with Crippen LogP contribution in [0.5, 0.6) is 0 Å². The summed E-state index contributed by atoms with van der Waals surface area (Å²) in [5.74, 6) is 4.59. The second kappa shape index (κ2) is 8.30. The summed E-state index contributed by atoms with van der Waals surface area (Å²) in [5, 5.41) is 0. The van der Waals surface area contributed by atoms with E-state index in [2.05, 4.69) is 0 Å². The number of amides is 1. The summed E-state index contributed by atoms with van der Waals surface area (Å²) in [6.07, 6.45) is 4.92. The SMILES string of the molecule is CCCCN(CCCC)S(=O)(=O)c1cc(C(=O)NN)n(C)c1. The lowest BCUT2D eigenvalue weighted by atomic mass is 10.3. The maximum Gasteiger partial charge on any atom is 0.281 e. The van der Waals surface area contributed by atoms with E-state index in [0.29, 0.717) is 13.1 Å². The third-order valence-corrected chi connectivity index (χ3v) is 5.37. The van der Waals surface area contributed by atoms with Crippen molar-refractivity contribution in [3.8, 4) is 0 Å². The van der Waals surface area contributed by atoms with Gasteiger partial charge in [-0.15, -0.1) is 0 Å². The second-order valence-electron chi connectivity index (χ2n) is 5.26. The number of carbonyl (C=O) groups excluding carboxylic acids is 1. The average molecular weight is 330 g/mol. The number of nitrogens with two attached hydrogens (primary N) is 1. The lowest BCUT2D eigenvalue weighted by Crippen LogP contribution is -2.33. The number of nitrogens with one attached hydrogen (secondary N) is 1. The normalized spacial score (nSPS) is 11.9. The molecule has 0 aromatic carbocycles. The quantitative estimate of drug-likeness (QED) is 0.404. The van der Waals surface area contributed by atoms with Crippen molar-refractivity contribution in [2.75, 3.05) is 13.1 Å². The van der Waals surface area contributed by atoms with Gasteiger partial charge in [0, 0.05) is 26.3 Å². The van der Waals surface area contributed by atoms with Crippen molar-refractivity contribution in [1.29, 1.82) is 0 Å². The Morgan fingerprint density at radius 1 is 1.27 bits per heavy atom. The molecule has 126 valence electrons. The van der Waals surface area contributed by atoms with Gasteiger partial charge in [0.1, 0.15) is 10.6 Å². The van der Waals surface area contributed by atoms with Crippen molar-refractivity contribution in [1.82, 2.24) is 14.3 Å². The Labute approximate surface area is 132 Å². The molecule has 1 rings (SSSR count). The van der Waals surface area contributed by atoms with Gasteiger partial charge in [-0.05, 0) is 18.9 Å². The van der Waals surface area contributed by atoms with Crippen LogP contribution in [0.4, 0.5) is 0 Å². The fourth-order valence-electron chi connectivity index (χ4n) is 2.15. The zero-order chi connectivity index (χ0) is 16.8. The maximum atomic E-state index is 12.8. The van der Waals surface area contributed by atoms with Crippen molar-refractivity contribution in [2.24, 2.45) is 12.9 Å². The highest BCUT2D eigenvalue weighted by atomic mass is 32.2. The molecular formula is C14H26N4O3S. The van der Waals surface area contributed by atoms with Crippen LogP contribution in [0.15, 0.2) is 17.2 Å². The predicted molar refractivity (Wildman–Crippen MR) is 85.6 cm³/mol. The van der Waals surface area contributed by atoms with Crippen molar-refractivity contribution < 1.29 is 13.2 Å². The van der Waals surface area contributed by atoms with Gasteiger partial charge in [0.15, 0.2) is 0 Å². The van der Waals surface area contributed by atoms with E-state index >= 15 is 0 Å². The van der Waals surface area contributed by atoms with Gasteiger partial charge < -0.3 is 4.57 Å². The van der Waals surface area contributed by atoms with Crippen LogP contribution in [0.3, 0.4) is 0 Å². The average Bonchev–Trinajstić information content (AvgIpc) is 2.89. The zero-order valence-corrected chi connectivity index (χ0v) is 14.3. The van der Waals surface area contributed by atoms with Crippen molar-refractivity contribution in [3.63, 3.8) is 0 Å². The molecule has 0 unspecified atom stereocenters. The molecule has 0 aliphatic carbocycles. The van der Waals surface area contributed by atoms with Gasteiger partial charge in [-0.2, -0.15) is 4.31 Å². The minimum atomic E-state index is -3.60. The molecule has 0 atom stereocenters. The third kappa shape index (κ3) is 4.31. The number of nitrogen functional groups attached to an aromatic ring is 1. The van der Waals surface area contributed by atoms with Crippen molar-refractivity contribution >= 4 is 15.9 Å². The number of rotatable bonds is 9. The van der Waals surface area contributed by atoms with E-state index < -0.39 is 15.9 Å². The molecule has 0 spiro atoms. The Morgan fingerprint density at radius 2 is 1.82 bits per heavy atom. The summed E-state index contributed by atoms with van der Waals surface area (Å²) < 4.78 is 28.5. The smallest absolute Gasteiger partial charge is 0.281 e. The van der Waals surface area contributed by atoms with Crippen LogP contribution in [0.2, 0.25) is 0 Å². The molecule has 1 aromatic rings. The molecular weight excluding hydrogens is 304 g/mol. The van der Waals surface area contributed by atoms with Gasteiger partial charge in [0.2, 0.25) is 10.0 Å². The second-order valence-corrected chi connectivity index (χ2v) is 7.19. The van der Waals surface area contributed by atoms with Crippen LogP contribution in [-0.2, 0) is 17.1 Å². The number of hydrazine groups is 1. The summed E-state index contributed by atoms with van der Waals surface area (Å²) in [7, 11) is -1.98. The fraction of sp³-hybridized carbons (Fsp3) is 0.643. The van der Waals surface area contributed by atoms with E-state index in [1.54, 1.807) is 7.05 Å². The first-order chi connectivity index (χ1) is 10.4. The van der Waals surface area contributed by atoms with Gasteiger partial charge in [0.25, 0.3) is 5.91 Å².